The molecule has 0 saturated heterocycles. The first-order chi connectivity index (χ1) is 5.24. The third-order valence-corrected chi connectivity index (χ3v) is 1.21. The van der Waals surface area contributed by atoms with Gasteiger partial charge in [-0.2, -0.15) is 0 Å². The molecule has 11 heavy (non-hydrogen) atoms. The van der Waals surface area contributed by atoms with Crippen LogP contribution in [0.15, 0.2) is 37.0 Å². The average molecular weight is 151 g/mol. The van der Waals surface area contributed by atoms with Gasteiger partial charge in [0.25, 0.3) is 0 Å². The zero-order valence-corrected chi connectivity index (χ0v) is 6.79. The summed E-state index contributed by atoms with van der Waals surface area (Å²) in [7, 11) is 1.72. The topological polar surface area (TPSA) is 20.3 Å². The number of carbonyl (C=O) groups is 1. The molecule has 0 aromatic carbocycles. The van der Waals surface area contributed by atoms with Gasteiger partial charge in [0.1, 0.15) is 0 Å². The summed E-state index contributed by atoms with van der Waals surface area (Å²) in [6, 6.07) is 0. The van der Waals surface area contributed by atoms with Crippen LogP contribution in [0.25, 0.3) is 0 Å². The number of hydrogen-bond acceptors (Lipinski definition) is 1. The van der Waals surface area contributed by atoms with Crippen molar-refractivity contribution in [3.63, 3.8) is 0 Å². The van der Waals surface area contributed by atoms with Crippen molar-refractivity contribution in [3.8, 4) is 0 Å². The van der Waals surface area contributed by atoms with Crippen molar-refractivity contribution in [2.45, 2.75) is 0 Å². The summed E-state index contributed by atoms with van der Waals surface area (Å²) in [5.41, 5.74) is 0.981. The van der Waals surface area contributed by atoms with Crippen molar-refractivity contribution in [1.82, 2.24) is 4.90 Å². The monoisotopic (exact) mass is 151 g/mol. The molecule has 0 aromatic rings. The molecule has 0 aliphatic carbocycles. The second-order valence-corrected chi connectivity index (χ2v) is 2.20. The van der Waals surface area contributed by atoms with Crippen LogP contribution in [0.2, 0.25) is 0 Å². The quantitative estimate of drug-likeness (QED) is 0.429. The van der Waals surface area contributed by atoms with E-state index in [-0.39, 0.29) is 0 Å². The van der Waals surface area contributed by atoms with Crippen molar-refractivity contribution >= 4 is 6.41 Å². The molecule has 2 heteroatoms. The zero-order valence-electron chi connectivity index (χ0n) is 6.79. The Balaban J connectivity index is 4.07. The normalized spacial score (nSPS) is 10.5. The SMILES string of the molecule is C=C/C=C(\C=C)CN(C)C=O. The Labute approximate surface area is 67.5 Å². The van der Waals surface area contributed by atoms with Gasteiger partial charge in [0.15, 0.2) is 0 Å². The Kier molecular flexibility index (Phi) is 4.82. The summed E-state index contributed by atoms with van der Waals surface area (Å²) in [5, 5.41) is 0. The number of amides is 1. The lowest BCUT2D eigenvalue weighted by atomic mass is 10.2. The van der Waals surface area contributed by atoms with Gasteiger partial charge >= 0.3 is 0 Å². The fourth-order valence-electron chi connectivity index (χ4n) is 0.662. The molecular formula is C9H13NO. The fourth-order valence-corrected chi connectivity index (χ4v) is 0.662. The van der Waals surface area contributed by atoms with E-state index in [1.807, 2.05) is 6.08 Å². The molecule has 0 atom stereocenters. The highest BCUT2D eigenvalue weighted by atomic mass is 16.1. The molecule has 0 heterocycles. The first kappa shape index (κ1) is 9.69. The van der Waals surface area contributed by atoms with Crippen LogP contribution in [0.3, 0.4) is 0 Å². The van der Waals surface area contributed by atoms with E-state index in [1.165, 1.54) is 4.90 Å². The van der Waals surface area contributed by atoms with Gasteiger partial charge in [0.2, 0.25) is 6.41 Å². The van der Waals surface area contributed by atoms with E-state index < -0.39 is 0 Å². The van der Waals surface area contributed by atoms with Crippen molar-refractivity contribution in [1.29, 1.82) is 0 Å². The van der Waals surface area contributed by atoms with Gasteiger partial charge in [-0.1, -0.05) is 31.4 Å². The molecule has 0 aliphatic heterocycles. The predicted octanol–water partition coefficient (Wildman–Crippen LogP) is 1.37. The van der Waals surface area contributed by atoms with E-state index in [0.717, 1.165) is 12.0 Å². The molecule has 1 amide bonds. The van der Waals surface area contributed by atoms with Crippen molar-refractivity contribution in [3.05, 3.63) is 37.0 Å². The van der Waals surface area contributed by atoms with Crippen LogP contribution < -0.4 is 0 Å². The second-order valence-electron chi connectivity index (χ2n) is 2.20. The van der Waals surface area contributed by atoms with Crippen LogP contribution in [0.4, 0.5) is 0 Å². The maximum Gasteiger partial charge on any atom is 0.209 e. The Morgan fingerprint density at radius 3 is 2.55 bits per heavy atom. The highest BCUT2D eigenvalue weighted by molar-refractivity contribution is 5.47. The number of likely N-dealkylation sites (N-methyl/N-ethyl adjacent to an activating group) is 1. The van der Waals surface area contributed by atoms with Crippen LogP contribution in [0.1, 0.15) is 0 Å². The van der Waals surface area contributed by atoms with E-state index in [9.17, 15) is 4.79 Å². The molecule has 0 rings (SSSR count). The lowest BCUT2D eigenvalue weighted by Gasteiger charge is -2.09. The average Bonchev–Trinajstić information content (AvgIpc) is 2.03. The van der Waals surface area contributed by atoms with Crippen LogP contribution >= 0.6 is 0 Å². The van der Waals surface area contributed by atoms with Gasteiger partial charge in [0, 0.05) is 13.6 Å². The fraction of sp³-hybridized carbons (Fsp3) is 0.222. The van der Waals surface area contributed by atoms with E-state index in [4.69, 9.17) is 0 Å². The third-order valence-electron chi connectivity index (χ3n) is 1.21. The van der Waals surface area contributed by atoms with E-state index in [2.05, 4.69) is 13.2 Å². The first-order valence-electron chi connectivity index (χ1n) is 3.34. The smallest absolute Gasteiger partial charge is 0.209 e. The van der Waals surface area contributed by atoms with Gasteiger partial charge in [0.05, 0.1) is 0 Å². The van der Waals surface area contributed by atoms with Crippen molar-refractivity contribution in [2.75, 3.05) is 13.6 Å². The number of rotatable bonds is 5. The van der Waals surface area contributed by atoms with E-state index in [0.29, 0.717) is 6.54 Å². The Morgan fingerprint density at radius 1 is 1.55 bits per heavy atom. The maximum atomic E-state index is 10.2. The minimum atomic E-state index is 0.582. The third kappa shape index (κ3) is 4.14. The molecule has 0 saturated carbocycles. The van der Waals surface area contributed by atoms with Crippen molar-refractivity contribution < 1.29 is 4.79 Å². The molecule has 0 bridgehead atoms. The van der Waals surface area contributed by atoms with Crippen molar-refractivity contribution in [2.24, 2.45) is 0 Å². The molecule has 0 aliphatic rings. The lowest BCUT2D eigenvalue weighted by Crippen LogP contribution is -2.17. The minimum absolute atomic E-state index is 0.582. The minimum Gasteiger partial charge on any atom is -0.344 e. The van der Waals surface area contributed by atoms with Gasteiger partial charge < -0.3 is 4.90 Å². The number of allylic oxidation sites excluding steroid dienone is 2. The zero-order chi connectivity index (χ0) is 8.69. The second kappa shape index (κ2) is 5.47. The molecule has 60 valence electrons. The van der Waals surface area contributed by atoms with Gasteiger partial charge in [-0.15, -0.1) is 0 Å². The Bertz CT molecular complexity index is 182. The predicted molar refractivity (Wildman–Crippen MR) is 47.2 cm³/mol. The number of hydrogen-bond donors (Lipinski definition) is 0. The van der Waals surface area contributed by atoms with E-state index in [1.54, 1.807) is 19.2 Å². The van der Waals surface area contributed by atoms with Crippen LogP contribution in [0, 0.1) is 0 Å². The summed E-state index contributed by atoms with van der Waals surface area (Å²) >= 11 is 0. The summed E-state index contributed by atoms with van der Waals surface area (Å²) in [4.78, 5) is 11.7. The van der Waals surface area contributed by atoms with Gasteiger partial charge in [-0.05, 0) is 5.57 Å². The first-order valence-corrected chi connectivity index (χ1v) is 3.34. The molecule has 0 N–H and O–H groups in total. The summed E-state index contributed by atoms with van der Waals surface area (Å²) in [6.45, 7) is 7.74. The largest absolute Gasteiger partial charge is 0.344 e. The van der Waals surface area contributed by atoms with E-state index >= 15 is 0 Å². The highest BCUT2D eigenvalue weighted by Gasteiger charge is 1.94. The summed E-state index contributed by atoms with van der Waals surface area (Å²) < 4.78 is 0. The highest BCUT2D eigenvalue weighted by Crippen LogP contribution is 1.96. The number of carbonyl (C=O) groups excluding carboxylic acids is 1. The molecular weight excluding hydrogens is 138 g/mol. The summed E-state index contributed by atoms with van der Waals surface area (Å²) in [5.74, 6) is 0. The maximum absolute atomic E-state index is 10.2. The lowest BCUT2D eigenvalue weighted by molar-refractivity contribution is -0.116. The van der Waals surface area contributed by atoms with Gasteiger partial charge in [-0.25, -0.2) is 0 Å². The van der Waals surface area contributed by atoms with Crippen LogP contribution in [-0.4, -0.2) is 24.9 Å². The molecule has 0 fully saturated rings. The summed E-state index contributed by atoms with van der Waals surface area (Å²) in [6.07, 6.45) is 5.99. The molecule has 0 radical (unpaired) electrons. The van der Waals surface area contributed by atoms with Crippen LogP contribution in [-0.2, 0) is 4.79 Å². The standard InChI is InChI=1S/C9H13NO/c1-4-6-9(5-2)7-10(3)8-11/h4-6,8H,1-2,7H2,3H3/b9-6+. The Hall–Kier alpha value is -1.31. The molecule has 0 aromatic heterocycles. The molecule has 0 spiro atoms. The van der Waals surface area contributed by atoms with Gasteiger partial charge in [-0.3, -0.25) is 4.79 Å². The van der Waals surface area contributed by atoms with Crippen LogP contribution in [0.5, 0.6) is 0 Å². The Morgan fingerprint density at radius 2 is 2.18 bits per heavy atom. The number of nitrogens with zero attached hydrogens (tertiary/aromatic N) is 1. The molecule has 2 nitrogen and oxygen atoms in total. The molecule has 0 unspecified atom stereocenters.